The normalized spacial score (nSPS) is 25.6. The van der Waals surface area contributed by atoms with Crippen LogP contribution in [0.1, 0.15) is 62.2 Å². The van der Waals surface area contributed by atoms with Crippen molar-refractivity contribution in [2.75, 3.05) is 65.6 Å². The monoisotopic (exact) mass is 830 g/mol. The summed E-state index contributed by atoms with van der Waals surface area (Å²) >= 11 is 0. The minimum atomic E-state index is -0.943. The highest BCUT2D eigenvalue weighted by Gasteiger charge is 2.57. The number of anilines is 1. The van der Waals surface area contributed by atoms with Crippen LogP contribution in [-0.2, 0) is 22.6 Å². The maximum Gasteiger partial charge on any atom is 0.251 e. The molecule has 3 saturated carbocycles. The number of pyridine rings is 1. The number of ether oxygens (including phenoxy) is 1. The summed E-state index contributed by atoms with van der Waals surface area (Å²) in [5.41, 5.74) is 4.13. The number of likely N-dealkylation sites (N-methyl/N-ethyl adjacent to an activating group) is 1. The molecule has 60 heavy (non-hydrogen) atoms. The number of para-hydroxylation sites is 1. The van der Waals surface area contributed by atoms with Gasteiger partial charge < -0.3 is 45.6 Å². The number of fused-ring (bicyclic) bond motifs is 2. The Morgan fingerprint density at radius 3 is 2.40 bits per heavy atom. The van der Waals surface area contributed by atoms with Crippen molar-refractivity contribution in [1.29, 1.82) is 0 Å². The maximum absolute atomic E-state index is 14.4. The highest BCUT2D eigenvalue weighted by Crippen LogP contribution is 2.61. The first-order valence-corrected chi connectivity index (χ1v) is 21.4. The highest BCUT2D eigenvalue weighted by atomic mass is 16.7. The number of hydrogen-bond donors (Lipinski definition) is 6. The van der Waals surface area contributed by atoms with Crippen molar-refractivity contribution in [3.8, 4) is 16.9 Å². The molecular weight excluding hydrogens is 765 g/mol. The molecule has 0 unspecified atom stereocenters. The van der Waals surface area contributed by atoms with Gasteiger partial charge in [-0.05, 0) is 92.9 Å². The van der Waals surface area contributed by atoms with Gasteiger partial charge in [0.05, 0.1) is 39.6 Å². The van der Waals surface area contributed by atoms with Gasteiger partial charge in [0.2, 0.25) is 5.91 Å². The Labute approximate surface area is 354 Å². The average Bonchev–Trinajstić information content (AvgIpc) is 3.59. The first-order valence-electron chi connectivity index (χ1n) is 21.4. The first kappa shape index (κ1) is 45.4. The molecule has 7 rings (SSSR count). The van der Waals surface area contributed by atoms with Gasteiger partial charge in [0.1, 0.15) is 17.9 Å². The van der Waals surface area contributed by atoms with E-state index in [1.54, 1.807) is 37.4 Å². The molecule has 2 bridgehead atoms. The molecule has 3 aromatic rings. The molecular formula is C46H66N6O8. The van der Waals surface area contributed by atoms with Crippen LogP contribution in [0, 0.1) is 29.1 Å². The summed E-state index contributed by atoms with van der Waals surface area (Å²) in [4.78, 5) is 43.2. The lowest BCUT2D eigenvalue weighted by Crippen LogP contribution is -2.62. The molecule has 1 aliphatic heterocycles. The molecule has 2 aromatic carbocycles. The number of methoxy groups -OCH3 is 1. The second-order valence-corrected chi connectivity index (χ2v) is 17.9. The fourth-order valence-electron chi connectivity index (χ4n) is 10.2. The van der Waals surface area contributed by atoms with Crippen LogP contribution in [-0.4, -0.2) is 138 Å². The zero-order valence-corrected chi connectivity index (χ0v) is 36.3. The number of hydrogen-bond acceptors (Lipinski definition) is 12. The molecule has 4 aliphatic rings. The van der Waals surface area contributed by atoms with Crippen molar-refractivity contribution in [1.82, 2.24) is 25.6 Å². The zero-order valence-electron chi connectivity index (χ0n) is 36.3. The average molecular weight is 831 g/mol. The number of nitrogens with zero attached hydrogens (tertiary/aromatic N) is 4. The number of aromatic nitrogens is 1. The van der Waals surface area contributed by atoms with E-state index in [1.165, 1.54) is 6.42 Å². The number of hydroxylamine groups is 2. The van der Waals surface area contributed by atoms with Gasteiger partial charge in [0.15, 0.2) is 0 Å². The maximum atomic E-state index is 14.4. The smallest absolute Gasteiger partial charge is 0.251 e. The van der Waals surface area contributed by atoms with Crippen molar-refractivity contribution in [3.05, 3.63) is 77.6 Å². The van der Waals surface area contributed by atoms with Gasteiger partial charge in [-0.2, -0.15) is 5.06 Å². The van der Waals surface area contributed by atoms with Gasteiger partial charge >= 0.3 is 0 Å². The van der Waals surface area contributed by atoms with Gasteiger partial charge in [-0.15, -0.1) is 0 Å². The Bertz CT molecular complexity index is 1910. The highest BCUT2D eigenvalue weighted by molar-refractivity contribution is 5.97. The summed E-state index contributed by atoms with van der Waals surface area (Å²) in [6.07, 6.45) is 2.59. The van der Waals surface area contributed by atoms with Crippen LogP contribution < -0.4 is 20.3 Å². The van der Waals surface area contributed by atoms with E-state index in [0.717, 1.165) is 12.1 Å². The quantitative estimate of drug-likeness (QED) is 0.104. The van der Waals surface area contributed by atoms with Crippen molar-refractivity contribution in [3.63, 3.8) is 0 Å². The number of rotatable bonds is 19. The lowest BCUT2D eigenvalue weighted by Gasteiger charge is -2.62. The van der Waals surface area contributed by atoms with E-state index in [1.807, 2.05) is 66.4 Å². The van der Waals surface area contributed by atoms with Gasteiger partial charge in [-0.3, -0.25) is 19.4 Å². The van der Waals surface area contributed by atoms with Gasteiger partial charge in [-0.1, -0.05) is 45.0 Å². The molecule has 328 valence electrons. The molecule has 6 N–H and O–H groups in total. The zero-order chi connectivity index (χ0) is 43.3. The van der Waals surface area contributed by atoms with E-state index in [-0.39, 0.29) is 68.8 Å². The summed E-state index contributed by atoms with van der Waals surface area (Å²) in [6.45, 7) is 8.93. The Morgan fingerprint density at radius 1 is 1.05 bits per heavy atom. The number of carbonyl (C=O) groups excluding carboxylic acids is 2. The van der Waals surface area contributed by atoms with Crippen LogP contribution in [0.15, 0.2) is 60.8 Å². The third kappa shape index (κ3) is 9.81. The molecule has 3 aliphatic carbocycles. The summed E-state index contributed by atoms with van der Waals surface area (Å²) in [7, 11) is 5.47. The number of amides is 2. The summed E-state index contributed by atoms with van der Waals surface area (Å²) in [6, 6.07) is 15.7. The molecule has 14 nitrogen and oxygen atoms in total. The fraction of sp³-hybridized carbons (Fsp3) is 0.587. The van der Waals surface area contributed by atoms with Crippen LogP contribution in [0.25, 0.3) is 11.1 Å². The van der Waals surface area contributed by atoms with E-state index in [4.69, 9.17) is 9.57 Å². The number of aliphatic hydroxyl groups is 4. The predicted molar refractivity (Wildman–Crippen MR) is 230 cm³/mol. The SMILES string of the molecule is COc1c(CN2O[C@@H](CO)[C@H]([C@H](C)O)[C@H]2C(=O)N[C@H]2C[C@H]3C[C@@H]([C@@H]2C)C3(C)C)cccc1-c1cc(C(=O)N[C@@H](Cc2ccccn2)CN(C)C)cc(N(CCO)CCO)c1. The molecule has 2 amide bonds. The summed E-state index contributed by atoms with van der Waals surface area (Å²) in [5.74, 6) is 0.631. The van der Waals surface area contributed by atoms with Crippen LogP contribution in [0.4, 0.5) is 5.69 Å². The van der Waals surface area contributed by atoms with E-state index in [0.29, 0.717) is 64.4 Å². The third-order valence-electron chi connectivity index (χ3n) is 13.4. The number of nitrogens with one attached hydrogen (secondary N) is 2. The third-order valence-corrected chi connectivity index (χ3v) is 13.4. The van der Waals surface area contributed by atoms with Crippen molar-refractivity contribution < 1.29 is 39.6 Å². The Hall–Kier alpha value is -4.15. The largest absolute Gasteiger partial charge is 0.496 e. The minimum absolute atomic E-state index is 0.000106. The van der Waals surface area contributed by atoms with Gasteiger partial charge in [-0.25, -0.2) is 0 Å². The number of carbonyl (C=O) groups is 2. The minimum Gasteiger partial charge on any atom is -0.496 e. The van der Waals surface area contributed by atoms with Crippen LogP contribution in [0.3, 0.4) is 0 Å². The standard InChI is InChI=1S/C46H66N6O8/c1-28-38-22-33(46(38,3)4)23-39(28)49-45(58)42-41(29(2)56)40(27-55)60-52(42)25-30-11-10-13-37(43(30)59-7)31-19-32(21-36(20-31)51(15-17-53)16-18-54)44(57)48-35(26-50(5)6)24-34-12-8-9-14-47-34/h8-14,19-21,28-29,33,35,38-42,53-56H,15-18,22-27H2,1-7H3,(H,48,57)(H,49,58)/t28-,29-,33+,35-,38-,39-,40-,41-,42-/m0/s1. The fourth-order valence-corrected chi connectivity index (χ4v) is 10.2. The molecule has 9 atom stereocenters. The molecule has 1 aromatic heterocycles. The molecule has 0 radical (unpaired) electrons. The van der Waals surface area contributed by atoms with Crippen LogP contribution in [0.5, 0.6) is 5.75 Å². The topological polar surface area (TPSA) is 180 Å². The van der Waals surface area contributed by atoms with E-state index in [2.05, 4.69) is 36.4 Å². The first-order chi connectivity index (χ1) is 28.7. The van der Waals surface area contributed by atoms with Crippen LogP contribution in [0.2, 0.25) is 0 Å². The van der Waals surface area contributed by atoms with Crippen molar-refractivity contribution in [2.24, 2.45) is 29.1 Å². The van der Waals surface area contributed by atoms with Crippen molar-refractivity contribution >= 4 is 17.5 Å². The number of benzene rings is 2. The second kappa shape index (κ2) is 19.7. The summed E-state index contributed by atoms with van der Waals surface area (Å²) in [5, 5.41) is 49.5. The van der Waals surface area contributed by atoms with Gasteiger partial charge in [0.25, 0.3) is 5.91 Å². The predicted octanol–water partition coefficient (Wildman–Crippen LogP) is 3.11. The Morgan fingerprint density at radius 2 is 1.80 bits per heavy atom. The molecule has 14 heteroatoms. The van der Waals surface area contributed by atoms with Crippen LogP contribution >= 0.6 is 0 Å². The van der Waals surface area contributed by atoms with Crippen molar-refractivity contribution in [2.45, 2.75) is 83.8 Å². The van der Waals surface area contributed by atoms with E-state index >= 15 is 0 Å². The van der Waals surface area contributed by atoms with Gasteiger partial charge in [0, 0.05) is 78.3 Å². The molecule has 1 saturated heterocycles. The lowest BCUT2D eigenvalue weighted by molar-refractivity contribution is -0.183. The van der Waals surface area contributed by atoms with E-state index in [9.17, 15) is 30.0 Å². The molecule has 0 spiro atoms. The van der Waals surface area contributed by atoms with E-state index < -0.39 is 24.2 Å². The molecule has 2 heterocycles. The summed E-state index contributed by atoms with van der Waals surface area (Å²) < 4.78 is 6.12. The second-order valence-electron chi connectivity index (χ2n) is 17.9. The Balaban J connectivity index is 1.33. The molecule has 4 fully saturated rings. The Kier molecular flexibility index (Phi) is 14.9. The number of aliphatic hydroxyl groups excluding tert-OH is 4. The lowest BCUT2D eigenvalue weighted by atomic mass is 9.45.